The van der Waals surface area contributed by atoms with Gasteiger partial charge in [-0.3, -0.25) is 14.5 Å². The number of amides is 1. The Morgan fingerprint density at radius 2 is 1.65 bits per heavy atom. The highest BCUT2D eigenvalue weighted by Gasteiger charge is 2.47. The molecule has 1 aliphatic heterocycles. The van der Waals surface area contributed by atoms with Gasteiger partial charge in [-0.2, -0.15) is 0 Å². The van der Waals surface area contributed by atoms with Gasteiger partial charge in [-0.05, 0) is 73.0 Å². The van der Waals surface area contributed by atoms with E-state index in [1.54, 1.807) is 30.3 Å². The van der Waals surface area contributed by atoms with Crippen molar-refractivity contribution < 1.29 is 32.6 Å². The van der Waals surface area contributed by atoms with Crippen molar-refractivity contribution in [1.29, 1.82) is 0 Å². The molecule has 1 fully saturated rings. The van der Waals surface area contributed by atoms with Gasteiger partial charge in [0, 0.05) is 5.69 Å². The molecule has 3 aromatic rings. The summed E-state index contributed by atoms with van der Waals surface area (Å²) in [5.74, 6) is -1.32. The van der Waals surface area contributed by atoms with Gasteiger partial charge in [0.05, 0.1) is 36.3 Å². The predicted octanol–water partition coefficient (Wildman–Crippen LogP) is 3.59. The van der Waals surface area contributed by atoms with E-state index < -0.39 is 33.5 Å². The molecule has 0 spiro atoms. The van der Waals surface area contributed by atoms with E-state index in [1.165, 1.54) is 43.4 Å². The summed E-state index contributed by atoms with van der Waals surface area (Å²) in [5.41, 5.74) is 2.45. The topological polar surface area (TPSA) is 136 Å². The number of rotatable bonds is 6. The fraction of sp³-hybridized carbons (Fsp3) is 0.185. The Morgan fingerprint density at radius 3 is 2.24 bits per heavy atom. The predicted molar refractivity (Wildman–Crippen MR) is 138 cm³/mol. The summed E-state index contributed by atoms with van der Waals surface area (Å²) < 4.78 is 34.3. The SMILES string of the molecule is COc1cccc(C2/C(=C(\O)c3cc(C)cc(C)c3OC)C(=O)C(=O)N2c2ccc(S(N)(=O)=O)cc2)c1. The summed E-state index contributed by atoms with van der Waals surface area (Å²) in [6.45, 7) is 3.65. The van der Waals surface area contributed by atoms with Gasteiger partial charge in [0.25, 0.3) is 11.7 Å². The van der Waals surface area contributed by atoms with Crippen LogP contribution >= 0.6 is 0 Å². The molecule has 192 valence electrons. The standard InChI is InChI=1S/C27H26N2O7S/c1-15-12-16(2)26(36-4)21(13-15)24(30)22-23(17-6-5-7-19(14-17)35-3)29(27(32)25(22)31)18-8-10-20(11-9-18)37(28,33)34/h5-14,23,30H,1-4H3,(H2,28,33,34)/b24-22+. The van der Waals surface area contributed by atoms with Crippen LogP contribution in [0.1, 0.15) is 28.3 Å². The number of ketones is 1. The Labute approximate surface area is 214 Å². The minimum absolute atomic E-state index is 0.142. The Morgan fingerprint density at radius 1 is 0.973 bits per heavy atom. The third-order valence-electron chi connectivity index (χ3n) is 6.18. The fourth-order valence-electron chi connectivity index (χ4n) is 4.57. The van der Waals surface area contributed by atoms with Gasteiger partial charge in [-0.25, -0.2) is 13.6 Å². The molecule has 0 bridgehead atoms. The number of sulfonamides is 1. The first-order valence-electron chi connectivity index (χ1n) is 11.2. The van der Waals surface area contributed by atoms with Crippen molar-refractivity contribution in [2.75, 3.05) is 19.1 Å². The average molecular weight is 523 g/mol. The number of primary sulfonamides is 1. The van der Waals surface area contributed by atoms with Crippen LogP contribution in [0.3, 0.4) is 0 Å². The summed E-state index contributed by atoms with van der Waals surface area (Å²) in [6, 6.07) is 14.6. The number of carbonyl (C=O) groups excluding carboxylic acids is 2. The van der Waals surface area contributed by atoms with Gasteiger partial charge in [0.2, 0.25) is 10.0 Å². The first-order valence-corrected chi connectivity index (χ1v) is 12.8. The van der Waals surface area contributed by atoms with Crippen molar-refractivity contribution in [3.63, 3.8) is 0 Å². The number of ether oxygens (including phenoxy) is 2. The minimum Gasteiger partial charge on any atom is -0.507 e. The maximum absolute atomic E-state index is 13.4. The summed E-state index contributed by atoms with van der Waals surface area (Å²) in [7, 11) is -1.02. The van der Waals surface area contributed by atoms with Crippen LogP contribution in [0.25, 0.3) is 5.76 Å². The Kier molecular flexibility index (Phi) is 6.81. The third-order valence-corrected chi connectivity index (χ3v) is 7.10. The summed E-state index contributed by atoms with van der Waals surface area (Å²) in [4.78, 5) is 27.9. The molecule has 0 aliphatic carbocycles. The van der Waals surface area contributed by atoms with Crippen molar-refractivity contribution in [3.05, 3.63) is 88.5 Å². The largest absolute Gasteiger partial charge is 0.507 e. The first-order chi connectivity index (χ1) is 17.5. The molecule has 3 aromatic carbocycles. The second kappa shape index (κ2) is 9.72. The van der Waals surface area contributed by atoms with Crippen LogP contribution in [-0.2, 0) is 19.6 Å². The van der Waals surface area contributed by atoms with E-state index in [2.05, 4.69) is 0 Å². The zero-order valence-corrected chi connectivity index (χ0v) is 21.5. The molecule has 0 radical (unpaired) electrons. The lowest BCUT2D eigenvalue weighted by Gasteiger charge is -2.26. The van der Waals surface area contributed by atoms with E-state index in [4.69, 9.17) is 14.6 Å². The molecule has 10 heteroatoms. The van der Waals surface area contributed by atoms with Gasteiger partial charge < -0.3 is 14.6 Å². The van der Waals surface area contributed by atoms with Crippen LogP contribution in [0.5, 0.6) is 11.5 Å². The lowest BCUT2D eigenvalue weighted by Crippen LogP contribution is -2.29. The van der Waals surface area contributed by atoms with Gasteiger partial charge >= 0.3 is 0 Å². The minimum atomic E-state index is -3.97. The quantitative estimate of drug-likeness (QED) is 0.287. The summed E-state index contributed by atoms with van der Waals surface area (Å²) >= 11 is 0. The number of hydrogen-bond donors (Lipinski definition) is 2. The zero-order valence-electron chi connectivity index (χ0n) is 20.7. The first kappa shape index (κ1) is 25.9. The number of methoxy groups -OCH3 is 2. The van der Waals surface area contributed by atoms with E-state index in [0.29, 0.717) is 17.1 Å². The molecule has 0 saturated carbocycles. The van der Waals surface area contributed by atoms with Crippen molar-refractivity contribution >= 4 is 33.2 Å². The normalized spacial score (nSPS) is 17.2. The Bertz CT molecular complexity index is 1540. The van der Waals surface area contributed by atoms with Crippen LogP contribution in [-0.4, -0.2) is 39.4 Å². The van der Waals surface area contributed by atoms with E-state index in [-0.39, 0.29) is 21.7 Å². The van der Waals surface area contributed by atoms with Crippen molar-refractivity contribution in [2.24, 2.45) is 5.14 Å². The van der Waals surface area contributed by atoms with Gasteiger partial charge in [0.15, 0.2) is 0 Å². The number of nitrogens with two attached hydrogens (primary N) is 1. The maximum Gasteiger partial charge on any atom is 0.300 e. The van der Waals surface area contributed by atoms with E-state index in [1.807, 2.05) is 19.9 Å². The number of aliphatic hydroxyl groups excluding tert-OH is 1. The highest BCUT2D eigenvalue weighted by atomic mass is 32.2. The summed E-state index contributed by atoms with van der Waals surface area (Å²) in [5, 5.41) is 16.7. The Hall–Kier alpha value is -4.15. The lowest BCUT2D eigenvalue weighted by molar-refractivity contribution is -0.132. The number of Topliss-reactive ketones (excluding diaryl/α,β-unsaturated/α-hetero) is 1. The van der Waals surface area contributed by atoms with Crippen molar-refractivity contribution in [2.45, 2.75) is 24.8 Å². The van der Waals surface area contributed by atoms with Crippen molar-refractivity contribution in [1.82, 2.24) is 0 Å². The second-order valence-electron chi connectivity index (χ2n) is 8.65. The number of aryl methyl sites for hydroxylation is 2. The molecule has 1 amide bonds. The van der Waals surface area contributed by atoms with Crippen LogP contribution in [0.15, 0.2) is 71.1 Å². The molecular weight excluding hydrogens is 496 g/mol. The number of nitrogens with zero attached hydrogens (tertiary/aromatic N) is 1. The maximum atomic E-state index is 13.4. The van der Waals surface area contributed by atoms with Gasteiger partial charge in [-0.1, -0.05) is 18.2 Å². The smallest absolute Gasteiger partial charge is 0.300 e. The zero-order chi connectivity index (χ0) is 27.1. The van der Waals surface area contributed by atoms with Crippen molar-refractivity contribution in [3.8, 4) is 11.5 Å². The van der Waals surface area contributed by atoms with Crippen LogP contribution in [0.4, 0.5) is 5.69 Å². The molecular formula is C27H26N2O7S. The molecule has 1 aliphatic rings. The molecule has 1 heterocycles. The molecule has 37 heavy (non-hydrogen) atoms. The number of hydrogen-bond acceptors (Lipinski definition) is 7. The molecule has 0 aromatic heterocycles. The molecule has 1 atom stereocenters. The molecule has 1 unspecified atom stereocenters. The van der Waals surface area contributed by atoms with Gasteiger partial charge in [-0.15, -0.1) is 0 Å². The Balaban J connectivity index is 2.00. The molecule has 3 N–H and O–H groups in total. The highest BCUT2D eigenvalue weighted by Crippen LogP contribution is 2.44. The molecule has 9 nitrogen and oxygen atoms in total. The average Bonchev–Trinajstić information content (AvgIpc) is 3.13. The number of anilines is 1. The number of aliphatic hydroxyl groups is 1. The van der Waals surface area contributed by atoms with E-state index in [0.717, 1.165) is 11.1 Å². The van der Waals surface area contributed by atoms with Crippen LogP contribution in [0.2, 0.25) is 0 Å². The number of carbonyl (C=O) groups is 2. The third kappa shape index (κ3) is 4.68. The lowest BCUT2D eigenvalue weighted by atomic mass is 9.93. The van der Waals surface area contributed by atoms with Crippen LogP contribution < -0.4 is 19.5 Å². The molecule has 4 rings (SSSR count). The van der Waals surface area contributed by atoms with Crippen LogP contribution in [0, 0.1) is 13.8 Å². The second-order valence-corrected chi connectivity index (χ2v) is 10.2. The van der Waals surface area contributed by atoms with E-state index >= 15 is 0 Å². The van der Waals surface area contributed by atoms with Gasteiger partial charge in [0.1, 0.15) is 17.3 Å². The van der Waals surface area contributed by atoms with E-state index in [9.17, 15) is 23.1 Å². The highest BCUT2D eigenvalue weighted by molar-refractivity contribution is 7.89. The number of benzene rings is 3. The fourth-order valence-corrected chi connectivity index (χ4v) is 5.08. The monoisotopic (exact) mass is 522 g/mol. The summed E-state index contributed by atoms with van der Waals surface area (Å²) in [6.07, 6.45) is 0. The molecule has 1 saturated heterocycles.